The third kappa shape index (κ3) is 4.58. The van der Waals surface area contributed by atoms with Gasteiger partial charge in [-0.05, 0) is 30.2 Å². The zero-order chi connectivity index (χ0) is 12.1. The summed E-state index contributed by atoms with van der Waals surface area (Å²) in [6.07, 6.45) is 0. The summed E-state index contributed by atoms with van der Waals surface area (Å²) in [5.41, 5.74) is 2.79. The van der Waals surface area contributed by atoms with E-state index in [0.29, 0.717) is 11.3 Å². The van der Waals surface area contributed by atoms with Crippen LogP contribution in [0.25, 0.3) is 0 Å². The van der Waals surface area contributed by atoms with Gasteiger partial charge in [-0.25, -0.2) is 0 Å². The molecule has 0 heterocycles. The molecule has 0 spiro atoms. The highest BCUT2D eigenvalue weighted by molar-refractivity contribution is 7.99. The minimum absolute atomic E-state index is 0.545. The molecule has 1 aromatic carbocycles. The maximum Gasteiger partial charge on any atom is 0.0210 e. The van der Waals surface area contributed by atoms with E-state index in [9.17, 15) is 0 Å². The van der Waals surface area contributed by atoms with E-state index < -0.39 is 0 Å². The number of thioether (sulfide) groups is 1. The van der Waals surface area contributed by atoms with Gasteiger partial charge < -0.3 is 5.32 Å². The quantitative estimate of drug-likeness (QED) is 0.777. The Morgan fingerprint density at radius 1 is 1.19 bits per heavy atom. The van der Waals surface area contributed by atoms with Crippen LogP contribution in [0.2, 0.25) is 0 Å². The molecule has 16 heavy (non-hydrogen) atoms. The van der Waals surface area contributed by atoms with Crippen LogP contribution in [0.1, 0.15) is 38.8 Å². The van der Waals surface area contributed by atoms with Crippen LogP contribution in [0.5, 0.6) is 0 Å². The summed E-state index contributed by atoms with van der Waals surface area (Å²) in [6, 6.07) is 7.32. The van der Waals surface area contributed by atoms with Gasteiger partial charge in [0.05, 0.1) is 0 Å². The molecule has 0 saturated heterocycles. The number of hydrogen-bond donors (Lipinski definition) is 1. The van der Waals surface area contributed by atoms with Gasteiger partial charge in [-0.1, -0.05) is 33.8 Å². The first-order valence-electron chi connectivity index (χ1n) is 5.98. The van der Waals surface area contributed by atoms with Gasteiger partial charge in [-0.3, -0.25) is 0 Å². The van der Waals surface area contributed by atoms with E-state index >= 15 is 0 Å². The monoisotopic (exact) mass is 237 g/mol. The zero-order valence-corrected chi connectivity index (χ0v) is 11.8. The number of nitrogens with one attached hydrogen (secondary N) is 1. The van der Waals surface area contributed by atoms with Crippen LogP contribution in [0.3, 0.4) is 0 Å². The van der Waals surface area contributed by atoms with E-state index in [0.717, 1.165) is 6.54 Å². The predicted molar refractivity (Wildman–Crippen MR) is 74.1 cm³/mol. The Bertz CT molecular complexity index is 332. The third-order valence-corrected chi connectivity index (χ3v) is 3.38. The molecule has 0 saturated carbocycles. The SMILES string of the molecule is Cc1cc(SC(C)C)ccc1CNC(C)C. The Kier molecular flexibility index (Phi) is 5.36. The van der Waals surface area contributed by atoms with Crippen molar-refractivity contribution in [3.8, 4) is 0 Å². The third-order valence-electron chi connectivity index (χ3n) is 2.39. The van der Waals surface area contributed by atoms with Gasteiger partial charge in [-0.15, -0.1) is 11.8 Å². The van der Waals surface area contributed by atoms with Crippen molar-refractivity contribution in [3.05, 3.63) is 29.3 Å². The summed E-state index contributed by atoms with van der Waals surface area (Å²) < 4.78 is 0. The molecule has 2 heteroatoms. The molecule has 1 N–H and O–H groups in total. The van der Waals surface area contributed by atoms with Crippen LogP contribution in [-0.2, 0) is 6.54 Å². The molecule has 0 fully saturated rings. The molecule has 1 rings (SSSR count). The van der Waals surface area contributed by atoms with E-state index in [-0.39, 0.29) is 0 Å². The normalized spacial score (nSPS) is 11.4. The molecule has 0 aromatic heterocycles. The second kappa shape index (κ2) is 6.31. The second-order valence-corrected chi connectivity index (χ2v) is 6.44. The maximum absolute atomic E-state index is 3.46. The van der Waals surface area contributed by atoms with E-state index in [2.05, 4.69) is 58.1 Å². The summed E-state index contributed by atoms with van der Waals surface area (Å²) in [5.74, 6) is 0. The molecule has 1 nitrogen and oxygen atoms in total. The highest BCUT2D eigenvalue weighted by Gasteiger charge is 2.03. The highest BCUT2D eigenvalue weighted by Crippen LogP contribution is 2.24. The predicted octanol–water partition coefficient (Wildman–Crippen LogP) is 3.99. The summed E-state index contributed by atoms with van der Waals surface area (Å²) in [4.78, 5) is 1.38. The lowest BCUT2D eigenvalue weighted by molar-refractivity contribution is 0.587. The van der Waals surface area contributed by atoms with E-state index in [4.69, 9.17) is 0 Å². The van der Waals surface area contributed by atoms with Crippen LogP contribution in [0.4, 0.5) is 0 Å². The highest BCUT2D eigenvalue weighted by atomic mass is 32.2. The van der Waals surface area contributed by atoms with Gasteiger partial charge in [0.15, 0.2) is 0 Å². The van der Waals surface area contributed by atoms with Crippen LogP contribution < -0.4 is 5.32 Å². The molecule has 0 radical (unpaired) electrons. The summed E-state index contributed by atoms with van der Waals surface area (Å²) >= 11 is 1.93. The van der Waals surface area contributed by atoms with E-state index in [1.807, 2.05) is 11.8 Å². The standard InChI is InChI=1S/C14H23NS/c1-10(2)15-9-13-6-7-14(8-12(13)5)16-11(3)4/h6-8,10-11,15H,9H2,1-5H3. The lowest BCUT2D eigenvalue weighted by atomic mass is 10.1. The number of benzene rings is 1. The summed E-state index contributed by atoms with van der Waals surface area (Å²) in [7, 11) is 0. The van der Waals surface area contributed by atoms with Crippen LogP contribution in [0, 0.1) is 6.92 Å². The molecule has 0 aliphatic carbocycles. The Morgan fingerprint density at radius 2 is 1.88 bits per heavy atom. The molecular weight excluding hydrogens is 214 g/mol. The van der Waals surface area contributed by atoms with Gasteiger partial charge in [0.25, 0.3) is 0 Å². The van der Waals surface area contributed by atoms with Gasteiger partial charge in [0, 0.05) is 22.7 Å². The Morgan fingerprint density at radius 3 is 2.38 bits per heavy atom. The number of rotatable bonds is 5. The lowest BCUT2D eigenvalue weighted by Crippen LogP contribution is -2.22. The fraction of sp³-hybridized carbons (Fsp3) is 0.571. The van der Waals surface area contributed by atoms with Crippen molar-refractivity contribution in [2.24, 2.45) is 0 Å². The molecule has 0 aliphatic heterocycles. The zero-order valence-electron chi connectivity index (χ0n) is 11.0. The van der Waals surface area contributed by atoms with Crippen LogP contribution >= 0.6 is 11.8 Å². The van der Waals surface area contributed by atoms with Crippen molar-refractivity contribution >= 4 is 11.8 Å². The number of hydrogen-bond acceptors (Lipinski definition) is 2. The Labute approximate surface area is 104 Å². The van der Waals surface area contributed by atoms with Crippen molar-refractivity contribution in [2.75, 3.05) is 0 Å². The first kappa shape index (κ1) is 13.6. The average molecular weight is 237 g/mol. The molecule has 0 unspecified atom stereocenters. The van der Waals surface area contributed by atoms with Crippen molar-refractivity contribution in [1.29, 1.82) is 0 Å². The largest absolute Gasteiger partial charge is 0.310 e. The lowest BCUT2D eigenvalue weighted by Gasteiger charge is -2.12. The molecule has 0 atom stereocenters. The van der Waals surface area contributed by atoms with Crippen molar-refractivity contribution < 1.29 is 0 Å². The second-order valence-electron chi connectivity index (χ2n) is 4.79. The van der Waals surface area contributed by atoms with Gasteiger partial charge in [0.2, 0.25) is 0 Å². The summed E-state index contributed by atoms with van der Waals surface area (Å²) in [6.45, 7) is 12.0. The molecule has 90 valence electrons. The molecule has 1 aromatic rings. The average Bonchev–Trinajstić information content (AvgIpc) is 2.15. The fourth-order valence-corrected chi connectivity index (χ4v) is 2.46. The topological polar surface area (TPSA) is 12.0 Å². The van der Waals surface area contributed by atoms with Crippen molar-refractivity contribution in [1.82, 2.24) is 5.32 Å². The molecular formula is C14H23NS. The fourth-order valence-electron chi connectivity index (χ4n) is 1.53. The smallest absolute Gasteiger partial charge is 0.0210 e. The molecule has 0 aliphatic rings. The maximum atomic E-state index is 3.46. The van der Waals surface area contributed by atoms with E-state index in [1.54, 1.807) is 0 Å². The molecule has 0 bridgehead atoms. The van der Waals surface area contributed by atoms with Gasteiger partial charge >= 0.3 is 0 Å². The van der Waals surface area contributed by atoms with Crippen molar-refractivity contribution in [3.63, 3.8) is 0 Å². The Balaban J connectivity index is 2.67. The number of aryl methyl sites for hydroxylation is 1. The van der Waals surface area contributed by atoms with Crippen molar-refractivity contribution in [2.45, 2.75) is 57.4 Å². The summed E-state index contributed by atoms with van der Waals surface area (Å²) in [5, 5.41) is 4.11. The van der Waals surface area contributed by atoms with Gasteiger partial charge in [-0.2, -0.15) is 0 Å². The minimum Gasteiger partial charge on any atom is -0.310 e. The van der Waals surface area contributed by atoms with Crippen LogP contribution in [-0.4, -0.2) is 11.3 Å². The molecule has 0 amide bonds. The Hall–Kier alpha value is -0.470. The van der Waals surface area contributed by atoms with E-state index in [1.165, 1.54) is 16.0 Å². The minimum atomic E-state index is 0.545. The first-order valence-corrected chi connectivity index (χ1v) is 6.86. The first-order chi connectivity index (χ1) is 7.49. The van der Waals surface area contributed by atoms with Crippen LogP contribution in [0.15, 0.2) is 23.1 Å². The van der Waals surface area contributed by atoms with Gasteiger partial charge in [0.1, 0.15) is 0 Å².